The molecule has 0 saturated heterocycles. The topological polar surface area (TPSA) is 171 Å². The summed E-state index contributed by atoms with van der Waals surface area (Å²) in [6, 6.07) is 0. The Kier molecular flexibility index (Phi) is 11.8. The first kappa shape index (κ1) is 21.2. The first-order valence-corrected chi connectivity index (χ1v) is 9.08. The third-order valence-electron chi connectivity index (χ3n) is 2.45. The molecule has 4 N–H and O–H groups in total. The summed E-state index contributed by atoms with van der Waals surface area (Å²) in [5, 5.41) is 41.8. The van der Waals surface area contributed by atoms with Crippen LogP contribution in [0.15, 0.2) is 0 Å². The van der Waals surface area contributed by atoms with Crippen LogP contribution in [0.25, 0.3) is 0 Å². The SMILES string of the molecule is N#[C][Fe]([C]#N)([C]#N)([C]#N)[C]#N.NCCCCCCCCN. The van der Waals surface area contributed by atoms with E-state index < -0.39 is 11.8 Å². The summed E-state index contributed by atoms with van der Waals surface area (Å²) in [6.07, 6.45) is 7.61. The van der Waals surface area contributed by atoms with Crippen LogP contribution in [0.5, 0.6) is 0 Å². The molecule has 0 atom stereocenters. The Hall–Kier alpha value is -2.11. The molecule has 0 aromatic heterocycles. The van der Waals surface area contributed by atoms with Crippen molar-refractivity contribution in [1.29, 1.82) is 26.3 Å². The van der Waals surface area contributed by atoms with Gasteiger partial charge < -0.3 is 11.5 Å². The third kappa shape index (κ3) is 7.29. The fraction of sp³-hybridized carbons (Fsp3) is 0.615. The van der Waals surface area contributed by atoms with Gasteiger partial charge in [0.05, 0.1) is 0 Å². The number of nitrogens with zero attached hydrogens (tertiary/aromatic N) is 5. The van der Waals surface area contributed by atoms with Crippen LogP contribution >= 0.6 is 0 Å². The Morgan fingerprint density at radius 2 is 0.762 bits per heavy atom. The molecular formula is C13H20FeN7. The summed E-state index contributed by atoms with van der Waals surface area (Å²) in [6.45, 7) is 1.69. The minimum Gasteiger partial charge on any atom is -0.330 e. The van der Waals surface area contributed by atoms with E-state index in [1.165, 1.54) is 63.4 Å². The average Bonchev–Trinajstić information content (AvgIpc) is 2.55. The standard InChI is InChI=1S/C8H20N2.5CN.Fe/c9-7-5-3-1-2-4-6-8-10;5*1-2;/h1-10H2;;;;;;. The van der Waals surface area contributed by atoms with Crippen molar-refractivity contribution in [1.82, 2.24) is 0 Å². The van der Waals surface area contributed by atoms with Gasteiger partial charge >= 0.3 is 62.9 Å². The molecule has 0 aromatic rings. The zero-order valence-corrected chi connectivity index (χ0v) is 13.0. The number of nitrogens with two attached hydrogens (primary N) is 2. The summed E-state index contributed by atoms with van der Waals surface area (Å²) in [5.74, 6) is 0. The van der Waals surface area contributed by atoms with Crippen LogP contribution in [-0.2, 0) is 11.8 Å². The largest absolute Gasteiger partial charge is 0.330 e. The zero-order chi connectivity index (χ0) is 16.6. The van der Waals surface area contributed by atoms with Gasteiger partial charge in [0.1, 0.15) is 0 Å². The molecule has 0 fully saturated rings. The summed E-state index contributed by atoms with van der Waals surface area (Å²) in [4.78, 5) is 6.12. The Bertz CT molecular complexity index is 402. The Balaban J connectivity index is 0. The number of rotatable bonds is 7. The predicted octanol–water partition coefficient (Wildman–Crippen LogP) is 1.33. The first-order valence-electron chi connectivity index (χ1n) is 6.32. The van der Waals surface area contributed by atoms with Crippen molar-refractivity contribution in [2.24, 2.45) is 11.5 Å². The second kappa shape index (κ2) is 11.7. The zero-order valence-electron chi connectivity index (χ0n) is 11.9. The van der Waals surface area contributed by atoms with Crippen molar-refractivity contribution in [2.75, 3.05) is 13.1 Å². The molecule has 0 radical (unpaired) electrons. The summed E-state index contributed by atoms with van der Waals surface area (Å²) < 4.78 is 0. The van der Waals surface area contributed by atoms with Crippen molar-refractivity contribution in [3.8, 4) is 24.8 Å². The van der Waals surface area contributed by atoms with Crippen LogP contribution in [-0.4, -0.2) is 13.1 Å². The van der Waals surface area contributed by atoms with E-state index in [2.05, 4.69) is 0 Å². The predicted molar refractivity (Wildman–Crippen MR) is 73.9 cm³/mol. The van der Waals surface area contributed by atoms with Crippen molar-refractivity contribution in [3.05, 3.63) is 0 Å². The first-order chi connectivity index (χ1) is 10.0. The molecule has 0 aliphatic carbocycles. The van der Waals surface area contributed by atoms with Gasteiger partial charge in [0.2, 0.25) is 0 Å². The minimum atomic E-state index is -4.78. The molecule has 0 spiro atoms. The number of hydrogen-bond donors (Lipinski definition) is 2. The molecule has 0 amide bonds. The smallest absolute Gasteiger partial charge is 0.00773 e. The van der Waals surface area contributed by atoms with E-state index in [4.69, 9.17) is 37.8 Å². The molecule has 0 aromatic carbocycles. The van der Waals surface area contributed by atoms with E-state index in [1.807, 2.05) is 0 Å². The van der Waals surface area contributed by atoms with E-state index >= 15 is 0 Å². The Labute approximate surface area is 126 Å². The molecule has 0 aliphatic rings. The molecular weight excluding hydrogens is 310 g/mol. The number of nitriles is 5. The van der Waals surface area contributed by atoms with Gasteiger partial charge in [-0.1, -0.05) is 25.7 Å². The molecule has 115 valence electrons. The number of hydrogen-bond acceptors (Lipinski definition) is 7. The van der Waals surface area contributed by atoms with Gasteiger partial charge in [0.15, 0.2) is 0 Å². The second-order valence-corrected chi connectivity index (χ2v) is 7.97. The molecule has 7 nitrogen and oxygen atoms in total. The molecule has 0 saturated carbocycles. The monoisotopic (exact) mass is 330 g/mol. The maximum absolute atomic E-state index is 8.35. The summed E-state index contributed by atoms with van der Waals surface area (Å²) in [7, 11) is 0. The van der Waals surface area contributed by atoms with Crippen LogP contribution in [0.2, 0.25) is 0 Å². The number of unbranched alkanes of at least 4 members (excludes halogenated alkanes) is 5. The normalized spacial score (nSPS) is 10.8. The summed E-state index contributed by atoms with van der Waals surface area (Å²) in [5.41, 5.74) is 10.7. The Morgan fingerprint density at radius 3 is 0.905 bits per heavy atom. The quantitative estimate of drug-likeness (QED) is 0.523. The van der Waals surface area contributed by atoms with Crippen LogP contribution in [0.1, 0.15) is 38.5 Å². The van der Waals surface area contributed by atoms with Gasteiger partial charge in [0.25, 0.3) is 0 Å². The molecule has 0 aliphatic heterocycles. The van der Waals surface area contributed by atoms with Crippen molar-refractivity contribution >= 4 is 0 Å². The maximum Gasteiger partial charge on any atom is -0.00773 e. The van der Waals surface area contributed by atoms with Crippen molar-refractivity contribution in [2.45, 2.75) is 38.5 Å². The van der Waals surface area contributed by atoms with Gasteiger partial charge in [-0.15, -0.1) is 0 Å². The van der Waals surface area contributed by atoms with Gasteiger partial charge in [-0.25, -0.2) is 0 Å². The molecule has 8 heteroatoms. The average molecular weight is 330 g/mol. The van der Waals surface area contributed by atoms with Gasteiger partial charge in [0, 0.05) is 0 Å². The van der Waals surface area contributed by atoms with E-state index in [0.29, 0.717) is 0 Å². The van der Waals surface area contributed by atoms with Crippen LogP contribution in [0, 0.1) is 51.1 Å². The van der Waals surface area contributed by atoms with Crippen molar-refractivity contribution < 1.29 is 11.8 Å². The van der Waals surface area contributed by atoms with Crippen molar-refractivity contribution in [3.63, 3.8) is 0 Å². The van der Waals surface area contributed by atoms with E-state index in [-0.39, 0.29) is 0 Å². The van der Waals surface area contributed by atoms with Crippen LogP contribution in [0.3, 0.4) is 0 Å². The van der Waals surface area contributed by atoms with Gasteiger partial charge in [-0.2, -0.15) is 0 Å². The van der Waals surface area contributed by atoms with E-state index in [1.54, 1.807) is 0 Å². The third-order valence-corrected chi connectivity index (χ3v) is 4.92. The fourth-order valence-electron chi connectivity index (χ4n) is 1.17. The van der Waals surface area contributed by atoms with Gasteiger partial charge in [-0.05, 0) is 25.9 Å². The van der Waals surface area contributed by atoms with Gasteiger partial charge in [-0.3, -0.25) is 0 Å². The minimum absolute atomic E-state index is 0.844. The molecule has 0 unspecified atom stereocenters. The Morgan fingerprint density at radius 1 is 0.524 bits per heavy atom. The fourth-order valence-corrected chi connectivity index (χ4v) is 1.72. The second-order valence-electron chi connectivity index (χ2n) is 3.98. The van der Waals surface area contributed by atoms with Crippen LogP contribution in [0.4, 0.5) is 0 Å². The molecule has 21 heavy (non-hydrogen) atoms. The van der Waals surface area contributed by atoms with E-state index in [9.17, 15) is 0 Å². The molecule has 0 rings (SSSR count). The molecule has 0 heterocycles. The summed E-state index contributed by atoms with van der Waals surface area (Å²) >= 11 is -4.78. The van der Waals surface area contributed by atoms with Crippen LogP contribution < -0.4 is 11.5 Å². The molecule has 0 bridgehead atoms. The van der Waals surface area contributed by atoms with E-state index in [0.717, 1.165) is 13.1 Å². The maximum atomic E-state index is 8.35.